The minimum absolute atomic E-state index is 0.0405. The molecule has 4 aliphatic carbocycles. The molecule has 3 saturated carbocycles. The molecule has 0 heterocycles. The Morgan fingerprint density at radius 1 is 0.921 bits per heavy atom. The zero-order valence-electron chi connectivity index (χ0n) is 25.4. The first-order chi connectivity index (χ1) is 17.4. The average molecular weight is 526 g/mol. The van der Waals surface area contributed by atoms with Crippen molar-refractivity contribution in [2.24, 2.45) is 50.2 Å². The lowest BCUT2D eigenvalue weighted by atomic mass is 9.35. The predicted octanol–water partition coefficient (Wildman–Crippen LogP) is 7.03. The summed E-state index contributed by atoms with van der Waals surface area (Å²) in [6.07, 6.45) is 9.50. The summed E-state index contributed by atoms with van der Waals surface area (Å²) in [5.41, 5.74) is -1.46. The lowest BCUT2D eigenvalue weighted by Gasteiger charge is -2.69. The fourth-order valence-corrected chi connectivity index (χ4v) is 9.99. The van der Waals surface area contributed by atoms with E-state index in [1.54, 1.807) is 0 Å². The molecule has 4 aliphatic rings. The van der Waals surface area contributed by atoms with Gasteiger partial charge in [-0.15, -0.1) is 0 Å². The first kappa shape index (κ1) is 29.3. The highest BCUT2D eigenvalue weighted by Crippen LogP contribution is 2.72. The minimum atomic E-state index is -0.609. The number of ketones is 1. The number of aliphatic hydroxyl groups excluding tert-OH is 1. The molecule has 0 spiro atoms. The summed E-state index contributed by atoms with van der Waals surface area (Å²) >= 11 is 0. The largest absolute Gasteiger partial charge is 0.469 e. The van der Waals surface area contributed by atoms with Crippen LogP contribution >= 0.6 is 0 Å². The fraction of sp³-hybridized carbons (Fsp3) is 0.848. The number of allylic oxidation sites excluding steroid dienone is 2. The number of fused-ring (bicyclic) bond motifs is 5. The molecule has 0 aromatic carbocycles. The van der Waals surface area contributed by atoms with Crippen LogP contribution in [0.4, 0.5) is 0 Å². The summed E-state index contributed by atoms with van der Waals surface area (Å²) in [5, 5.41) is 21.8. The molecule has 1 N–H and O–H groups in total. The molecule has 0 saturated heterocycles. The number of hydrogen-bond acceptors (Lipinski definition) is 5. The van der Waals surface area contributed by atoms with Crippen LogP contribution in [0, 0.1) is 61.6 Å². The van der Waals surface area contributed by atoms with Crippen molar-refractivity contribution in [2.45, 2.75) is 119 Å². The monoisotopic (exact) mass is 525 g/mol. The van der Waals surface area contributed by atoms with E-state index in [-0.39, 0.29) is 56.7 Å². The smallest absolute Gasteiger partial charge is 0.311 e. The van der Waals surface area contributed by atoms with Gasteiger partial charge in [-0.05, 0) is 104 Å². The molecular formula is C33H51NO4. The number of aliphatic hydroxyl groups is 1. The lowest BCUT2D eigenvalue weighted by Crippen LogP contribution is -2.65. The van der Waals surface area contributed by atoms with E-state index in [9.17, 15) is 20.0 Å². The first-order valence-electron chi connectivity index (χ1n) is 14.9. The van der Waals surface area contributed by atoms with Crippen LogP contribution in [0.1, 0.15) is 113 Å². The van der Waals surface area contributed by atoms with E-state index in [1.807, 2.05) is 19.9 Å². The van der Waals surface area contributed by atoms with Crippen LogP contribution in [0.3, 0.4) is 0 Å². The zero-order valence-corrected chi connectivity index (χ0v) is 25.4. The van der Waals surface area contributed by atoms with Crippen LogP contribution in [-0.4, -0.2) is 30.1 Å². The summed E-state index contributed by atoms with van der Waals surface area (Å²) in [7, 11) is 1.50. The molecule has 5 nitrogen and oxygen atoms in total. The molecule has 212 valence electrons. The zero-order chi connectivity index (χ0) is 28.5. The van der Waals surface area contributed by atoms with Crippen LogP contribution < -0.4 is 0 Å². The van der Waals surface area contributed by atoms with Crippen molar-refractivity contribution in [2.75, 3.05) is 7.11 Å². The number of nitrogens with zero attached hydrogens (tertiary/aromatic N) is 1. The number of rotatable bonds is 1. The number of Topliss-reactive ketones (excluding diaryl/α,β-unsaturated/α-hetero) is 1. The van der Waals surface area contributed by atoms with Gasteiger partial charge in [-0.25, -0.2) is 0 Å². The number of hydrogen-bond donors (Lipinski definition) is 1. The van der Waals surface area contributed by atoms with E-state index in [2.05, 4.69) is 47.6 Å². The second-order valence-electron chi connectivity index (χ2n) is 15.7. The Morgan fingerprint density at radius 3 is 2.16 bits per heavy atom. The molecule has 0 aromatic rings. The number of ether oxygens (including phenoxy) is 1. The molecule has 3 fully saturated rings. The van der Waals surface area contributed by atoms with Crippen molar-refractivity contribution >= 4 is 11.8 Å². The summed E-state index contributed by atoms with van der Waals surface area (Å²) in [5.74, 6) is 0.240. The molecule has 0 radical (unpaired) electrons. The maximum Gasteiger partial charge on any atom is 0.311 e. The van der Waals surface area contributed by atoms with Crippen LogP contribution in [0.5, 0.6) is 0 Å². The maximum absolute atomic E-state index is 13.3. The van der Waals surface area contributed by atoms with Crippen molar-refractivity contribution in [1.82, 2.24) is 0 Å². The highest BCUT2D eigenvalue weighted by molar-refractivity contribution is 6.04. The highest BCUT2D eigenvalue weighted by atomic mass is 16.5. The van der Waals surface area contributed by atoms with E-state index in [0.717, 1.165) is 51.4 Å². The standard InChI is InChI=1S/C33H51NO4/c1-28(2)12-10-22-23(35)18-25-31(6)19-21(20-34)26(36)29(3,4)24(31)11-13-33(25,8)32(22,7)17-16-30(5,15-14-28)27(37)38-9/h19,22-25,35H,10-18H2,1-9H3/t22?,23-,24-,25+,30-,31-,32+,33+/m0/s1. The van der Waals surface area contributed by atoms with Crippen LogP contribution in [0.2, 0.25) is 0 Å². The molecule has 8 atom stereocenters. The van der Waals surface area contributed by atoms with Crippen LogP contribution in [0.15, 0.2) is 11.6 Å². The van der Waals surface area contributed by atoms with Crippen molar-refractivity contribution in [3.8, 4) is 6.07 Å². The molecule has 4 rings (SSSR count). The van der Waals surface area contributed by atoms with Gasteiger partial charge in [0.15, 0.2) is 5.78 Å². The van der Waals surface area contributed by atoms with Gasteiger partial charge in [-0.3, -0.25) is 9.59 Å². The van der Waals surface area contributed by atoms with Crippen molar-refractivity contribution in [1.29, 1.82) is 5.26 Å². The van der Waals surface area contributed by atoms with Gasteiger partial charge in [0.05, 0.1) is 24.2 Å². The van der Waals surface area contributed by atoms with Gasteiger partial charge >= 0.3 is 5.97 Å². The molecule has 5 heteroatoms. The van der Waals surface area contributed by atoms with E-state index in [0.29, 0.717) is 6.42 Å². The molecule has 0 aliphatic heterocycles. The Kier molecular flexibility index (Phi) is 7.09. The van der Waals surface area contributed by atoms with Gasteiger partial charge in [0.25, 0.3) is 0 Å². The Bertz CT molecular complexity index is 1070. The van der Waals surface area contributed by atoms with Gasteiger partial charge in [0.2, 0.25) is 0 Å². The normalized spacial score (nSPS) is 46.3. The predicted molar refractivity (Wildman–Crippen MR) is 149 cm³/mol. The number of nitriles is 1. The summed E-state index contributed by atoms with van der Waals surface area (Å²) < 4.78 is 5.34. The van der Waals surface area contributed by atoms with E-state index in [1.165, 1.54) is 7.11 Å². The van der Waals surface area contributed by atoms with Gasteiger partial charge in [0, 0.05) is 5.41 Å². The van der Waals surface area contributed by atoms with Crippen molar-refractivity contribution in [3.63, 3.8) is 0 Å². The Hall–Kier alpha value is -1.67. The first-order valence-corrected chi connectivity index (χ1v) is 14.9. The average Bonchev–Trinajstić information content (AvgIpc) is 2.84. The number of esters is 1. The van der Waals surface area contributed by atoms with E-state index in [4.69, 9.17) is 4.74 Å². The topological polar surface area (TPSA) is 87.4 Å². The van der Waals surface area contributed by atoms with Crippen LogP contribution in [0.25, 0.3) is 0 Å². The third kappa shape index (κ3) is 4.11. The summed E-state index contributed by atoms with van der Waals surface area (Å²) in [6, 6.07) is 2.22. The molecule has 38 heavy (non-hydrogen) atoms. The molecule has 0 amide bonds. The number of methoxy groups -OCH3 is 1. The fourth-order valence-electron chi connectivity index (χ4n) is 9.99. The van der Waals surface area contributed by atoms with Gasteiger partial charge in [0.1, 0.15) is 6.07 Å². The lowest BCUT2D eigenvalue weighted by molar-refractivity contribution is -0.218. The van der Waals surface area contributed by atoms with Gasteiger partial charge in [-0.2, -0.15) is 5.26 Å². The third-order valence-corrected chi connectivity index (χ3v) is 12.9. The quantitative estimate of drug-likeness (QED) is 0.371. The SMILES string of the molecule is COC(=O)[C@@]1(C)CCC(C)(C)CCC2[C@@H](O)C[C@@H]3[C@@]4(C)C=C(C#N)C(=O)C(C)(C)[C@@H]4CC[C@@]3(C)[C@]2(C)CC1. The Labute approximate surface area is 230 Å². The molecular weight excluding hydrogens is 474 g/mol. The third-order valence-electron chi connectivity index (χ3n) is 12.9. The van der Waals surface area contributed by atoms with E-state index >= 15 is 0 Å². The van der Waals surface area contributed by atoms with Gasteiger partial charge < -0.3 is 9.84 Å². The maximum atomic E-state index is 13.3. The molecule has 1 unspecified atom stereocenters. The minimum Gasteiger partial charge on any atom is -0.469 e. The van der Waals surface area contributed by atoms with E-state index < -0.39 is 16.9 Å². The van der Waals surface area contributed by atoms with Crippen molar-refractivity contribution < 1.29 is 19.4 Å². The van der Waals surface area contributed by atoms with Crippen LogP contribution in [-0.2, 0) is 14.3 Å². The number of carbonyl (C=O) groups is 2. The Morgan fingerprint density at radius 2 is 1.55 bits per heavy atom. The number of carbonyl (C=O) groups excluding carboxylic acids is 2. The van der Waals surface area contributed by atoms with Gasteiger partial charge in [-0.1, -0.05) is 54.5 Å². The Balaban J connectivity index is 1.85. The second-order valence-corrected chi connectivity index (χ2v) is 15.7. The molecule has 0 aromatic heterocycles. The second kappa shape index (κ2) is 9.18. The summed E-state index contributed by atoms with van der Waals surface area (Å²) in [6.45, 7) is 17.8. The highest BCUT2D eigenvalue weighted by Gasteiger charge is 2.68. The van der Waals surface area contributed by atoms with Crippen molar-refractivity contribution in [3.05, 3.63) is 11.6 Å². The summed E-state index contributed by atoms with van der Waals surface area (Å²) in [4.78, 5) is 26.4. The molecule has 0 bridgehead atoms.